The van der Waals surface area contributed by atoms with Gasteiger partial charge in [0.15, 0.2) is 0 Å². The van der Waals surface area contributed by atoms with E-state index in [4.69, 9.17) is 0 Å². The largest absolute Gasteiger partial charge is 0.299 e. The number of anilines is 1. The van der Waals surface area contributed by atoms with Crippen LogP contribution in [0.4, 0.5) is 5.13 Å². The fourth-order valence-electron chi connectivity index (χ4n) is 2.49. The van der Waals surface area contributed by atoms with Gasteiger partial charge in [-0.25, -0.2) is 9.97 Å². The van der Waals surface area contributed by atoms with Gasteiger partial charge in [0.2, 0.25) is 11.0 Å². The molecule has 0 spiro atoms. The van der Waals surface area contributed by atoms with Crippen LogP contribution < -0.4 is 5.32 Å². The first-order valence-electron chi connectivity index (χ1n) is 7.68. The van der Waals surface area contributed by atoms with Crippen molar-refractivity contribution in [3.8, 4) is 0 Å². The molecule has 0 saturated heterocycles. The number of nitrogens with zero attached hydrogens (tertiary/aromatic N) is 5. The van der Waals surface area contributed by atoms with Gasteiger partial charge in [-0.15, -0.1) is 10.2 Å². The molecular weight excluding hydrogens is 312 g/mol. The molecule has 3 heterocycles. The van der Waals surface area contributed by atoms with Crippen LogP contribution in [-0.4, -0.2) is 44.1 Å². The number of aryl methyl sites for hydroxylation is 1. The Morgan fingerprint density at radius 3 is 2.96 bits per heavy atom. The average molecular weight is 332 g/mol. The van der Waals surface area contributed by atoms with Gasteiger partial charge < -0.3 is 0 Å². The number of carbonyl (C=O) groups excluding carboxylic acids is 1. The second kappa shape index (κ2) is 6.67. The first kappa shape index (κ1) is 15.9. The first-order chi connectivity index (χ1) is 11.0. The molecule has 1 N–H and O–H groups in total. The van der Waals surface area contributed by atoms with E-state index in [1.54, 1.807) is 0 Å². The fourth-order valence-corrected chi connectivity index (χ4v) is 3.10. The van der Waals surface area contributed by atoms with Crippen molar-refractivity contribution in [2.24, 2.45) is 0 Å². The number of carbonyl (C=O) groups is 1. The van der Waals surface area contributed by atoms with Gasteiger partial charge in [0.05, 0.1) is 12.2 Å². The molecule has 7 nitrogen and oxygen atoms in total. The third-order valence-corrected chi connectivity index (χ3v) is 4.45. The van der Waals surface area contributed by atoms with E-state index >= 15 is 0 Å². The Morgan fingerprint density at radius 2 is 2.26 bits per heavy atom. The van der Waals surface area contributed by atoms with Gasteiger partial charge in [0, 0.05) is 25.2 Å². The van der Waals surface area contributed by atoms with Crippen molar-refractivity contribution in [1.29, 1.82) is 0 Å². The lowest BCUT2D eigenvalue weighted by molar-refractivity contribution is -0.117. The van der Waals surface area contributed by atoms with E-state index in [0.717, 1.165) is 29.5 Å². The van der Waals surface area contributed by atoms with Crippen LogP contribution in [0.2, 0.25) is 0 Å². The van der Waals surface area contributed by atoms with Crippen LogP contribution >= 0.6 is 11.3 Å². The Kier molecular flexibility index (Phi) is 4.63. The molecule has 2 aromatic rings. The molecule has 0 atom stereocenters. The lowest BCUT2D eigenvalue weighted by atomic mass is 10.1. The van der Waals surface area contributed by atoms with Gasteiger partial charge in [-0.05, 0) is 18.9 Å². The van der Waals surface area contributed by atoms with E-state index in [2.05, 4.69) is 44.2 Å². The topological polar surface area (TPSA) is 83.9 Å². The summed E-state index contributed by atoms with van der Waals surface area (Å²) in [5.74, 6) is 1.10. The van der Waals surface area contributed by atoms with E-state index < -0.39 is 0 Å². The van der Waals surface area contributed by atoms with Crippen LogP contribution in [0, 0.1) is 6.92 Å². The Labute approximate surface area is 139 Å². The summed E-state index contributed by atoms with van der Waals surface area (Å²) in [4.78, 5) is 23.3. The quantitative estimate of drug-likeness (QED) is 0.918. The van der Waals surface area contributed by atoms with Crippen LogP contribution in [0.5, 0.6) is 0 Å². The SMILES string of the molecule is Cc1nnc(NC(=O)CN2CCc3cnc(C(C)C)nc3C2)s1. The molecular formula is C15H20N6OS. The van der Waals surface area contributed by atoms with E-state index in [-0.39, 0.29) is 5.91 Å². The normalized spacial score (nSPS) is 14.8. The first-order valence-corrected chi connectivity index (χ1v) is 8.50. The zero-order valence-electron chi connectivity index (χ0n) is 13.5. The molecule has 1 aliphatic heterocycles. The van der Waals surface area contributed by atoms with Crippen molar-refractivity contribution in [1.82, 2.24) is 25.1 Å². The highest BCUT2D eigenvalue weighted by molar-refractivity contribution is 7.15. The molecule has 0 unspecified atom stereocenters. The summed E-state index contributed by atoms with van der Waals surface area (Å²) >= 11 is 1.38. The second-order valence-corrected chi connectivity index (χ2v) is 7.17. The van der Waals surface area contributed by atoms with Crippen molar-refractivity contribution in [3.05, 3.63) is 28.3 Å². The Hall–Kier alpha value is -1.93. The Morgan fingerprint density at radius 1 is 1.43 bits per heavy atom. The third-order valence-electron chi connectivity index (χ3n) is 3.70. The smallest absolute Gasteiger partial charge is 0.240 e. The van der Waals surface area contributed by atoms with Crippen LogP contribution in [0.3, 0.4) is 0 Å². The van der Waals surface area contributed by atoms with Gasteiger partial charge in [0.25, 0.3) is 0 Å². The number of nitrogens with one attached hydrogen (secondary N) is 1. The van der Waals surface area contributed by atoms with Crippen molar-refractivity contribution < 1.29 is 4.79 Å². The summed E-state index contributed by atoms with van der Waals surface area (Å²) in [5.41, 5.74) is 2.22. The molecule has 0 fully saturated rings. The van der Waals surface area contributed by atoms with E-state index in [1.807, 2.05) is 13.1 Å². The molecule has 0 aliphatic carbocycles. The average Bonchev–Trinajstić information content (AvgIpc) is 2.91. The number of hydrogen-bond donors (Lipinski definition) is 1. The molecule has 3 rings (SSSR count). The molecule has 2 aromatic heterocycles. The maximum Gasteiger partial charge on any atom is 0.240 e. The van der Waals surface area contributed by atoms with Gasteiger partial charge in [-0.3, -0.25) is 15.0 Å². The molecule has 0 saturated carbocycles. The minimum Gasteiger partial charge on any atom is -0.299 e. The highest BCUT2D eigenvalue weighted by atomic mass is 32.1. The number of fused-ring (bicyclic) bond motifs is 1. The lowest BCUT2D eigenvalue weighted by Gasteiger charge is -2.27. The number of rotatable bonds is 4. The summed E-state index contributed by atoms with van der Waals surface area (Å²) in [6.07, 6.45) is 2.80. The van der Waals surface area contributed by atoms with Crippen molar-refractivity contribution >= 4 is 22.4 Å². The van der Waals surface area contributed by atoms with E-state index in [1.165, 1.54) is 16.9 Å². The van der Waals surface area contributed by atoms with Crippen LogP contribution in [-0.2, 0) is 17.8 Å². The fraction of sp³-hybridized carbons (Fsp3) is 0.533. The van der Waals surface area contributed by atoms with Gasteiger partial charge in [0.1, 0.15) is 10.8 Å². The third kappa shape index (κ3) is 3.89. The summed E-state index contributed by atoms with van der Waals surface area (Å²) in [7, 11) is 0. The molecule has 23 heavy (non-hydrogen) atoms. The van der Waals surface area contributed by atoms with Gasteiger partial charge >= 0.3 is 0 Å². The van der Waals surface area contributed by atoms with Crippen LogP contribution in [0.15, 0.2) is 6.20 Å². The number of amides is 1. The molecule has 0 aromatic carbocycles. The summed E-state index contributed by atoms with van der Waals surface area (Å²) in [6.45, 7) is 7.87. The summed E-state index contributed by atoms with van der Waals surface area (Å²) in [5, 5.41) is 12.0. The Bertz CT molecular complexity index is 714. The predicted octanol–water partition coefficient (Wildman–Crippen LogP) is 1.76. The zero-order valence-corrected chi connectivity index (χ0v) is 14.4. The maximum atomic E-state index is 12.1. The molecule has 122 valence electrons. The standard InChI is InChI=1S/C15H20N6OS/c1-9(2)14-16-6-11-4-5-21(7-12(11)17-14)8-13(22)18-15-20-19-10(3)23-15/h6,9H,4-5,7-8H2,1-3H3,(H,18,20,22). The highest BCUT2D eigenvalue weighted by Crippen LogP contribution is 2.19. The lowest BCUT2D eigenvalue weighted by Crippen LogP contribution is -2.37. The Balaban J connectivity index is 1.62. The number of hydrogen-bond acceptors (Lipinski definition) is 7. The summed E-state index contributed by atoms with van der Waals surface area (Å²) < 4.78 is 0. The van der Waals surface area contributed by atoms with E-state index in [0.29, 0.717) is 24.1 Å². The summed E-state index contributed by atoms with van der Waals surface area (Å²) in [6, 6.07) is 0. The van der Waals surface area contributed by atoms with Gasteiger partial charge in [-0.1, -0.05) is 25.2 Å². The molecule has 8 heteroatoms. The molecule has 0 radical (unpaired) electrons. The van der Waals surface area contributed by atoms with Crippen LogP contribution in [0.25, 0.3) is 0 Å². The van der Waals surface area contributed by atoms with Crippen LogP contribution in [0.1, 0.15) is 41.9 Å². The predicted molar refractivity (Wildman–Crippen MR) is 88.4 cm³/mol. The monoisotopic (exact) mass is 332 g/mol. The highest BCUT2D eigenvalue weighted by Gasteiger charge is 2.21. The van der Waals surface area contributed by atoms with Crippen molar-refractivity contribution in [3.63, 3.8) is 0 Å². The van der Waals surface area contributed by atoms with Crippen molar-refractivity contribution in [2.45, 2.75) is 39.7 Å². The molecule has 1 aliphatic rings. The minimum absolute atomic E-state index is 0.0669. The van der Waals surface area contributed by atoms with E-state index in [9.17, 15) is 4.79 Å². The maximum absolute atomic E-state index is 12.1. The van der Waals surface area contributed by atoms with Gasteiger partial charge in [-0.2, -0.15) is 0 Å². The zero-order chi connectivity index (χ0) is 16.4. The minimum atomic E-state index is -0.0669. The molecule has 1 amide bonds. The second-order valence-electron chi connectivity index (χ2n) is 5.99. The molecule has 0 bridgehead atoms. The number of aromatic nitrogens is 4. The van der Waals surface area contributed by atoms with Crippen molar-refractivity contribution in [2.75, 3.05) is 18.4 Å².